The van der Waals surface area contributed by atoms with Crippen LogP contribution in [0.5, 0.6) is 0 Å². The number of benzene rings is 1. The van der Waals surface area contributed by atoms with Crippen molar-refractivity contribution >= 4 is 39.4 Å². The lowest BCUT2D eigenvalue weighted by molar-refractivity contribution is -0.121. The predicted octanol–water partition coefficient (Wildman–Crippen LogP) is 4.88. The molecular formula is C19H18N2O2S2. The van der Waals surface area contributed by atoms with E-state index in [9.17, 15) is 4.79 Å². The van der Waals surface area contributed by atoms with E-state index in [0.717, 1.165) is 17.8 Å². The summed E-state index contributed by atoms with van der Waals surface area (Å²) in [5, 5.41) is 4.75. The van der Waals surface area contributed by atoms with Gasteiger partial charge in [0, 0.05) is 10.3 Å². The van der Waals surface area contributed by atoms with Crippen LogP contribution in [0, 0.1) is 6.92 Å². The summed E-state index contributed by atoms with van der Waals surface area (Å²) in [7, 11) is 0. The summed E-state index contributed by atoms with van der Waals surface area (Å²) < 4.78 is 5.91. The highest BCUT2D eigenvalue weighted by molar-refractivity contribution is 7.14. The number of hydrogen-bond acceptors (Lipinski definition) is 5. The number of rotatable bonds is 4. The maximum atomic E-state index is 13.2. The van der Waals surface area contributed by atoms with E-state index in [1.54, 1.807) is 16.2 Å². The van der Waals surface area contributed by atoms with Crippen molar-refractivity contribution in [3.63, 3.8) is 0 Å². The van der Waals surface area contributed by atoms with Gasteiger partial charge in [0.1, 0.15) is 6.10 Å². The van der Waals surface area contributed by atoms with Crippen molar-refractivity contribution in [2.45, 2.75) is 25.9 Å². The van der Waals surface area contributed by atoms with E-state index in [-0.39, 0.29) is 12.0 Å². The Kier molecular flexibility index (Phi) is 4.65. The standard InChI is InChI=1S/C19H18N2O2S2/c1-13-12-25-19(20-13)21(15-5-3-2-4-6-15)17(22)11-16-18-14(7-9-23-16)8-10-24-18/h2-6,8,10,12,16H,7,9,11H2,1H3/t16-/m0/s1. The molecule has 4 nitrogen and oxygen atoms in total. The second-order valence-corrected chi connectivity index (χ2v) is 7.74. The molecule has 0 radical (unpaired) electrons. The SMILES string of the molecule is Cc1csc(N(C(=O)C[C@@H]2OCCc3ccsc32)c2ccccc2)n1. The van der Waals surface area contributed by atoms with Gasteiger partial charge >= 0.3 is 0 Å². The molecule has 4 rings (SSSR count). The quantitative estimate of drug-likeness (QED) is 0.657. The number of thiazole rings is 1. The van der Waals surface area contributed by atoms with E-state index in [1.807, 2.05) is 42.6 Å². The number of thiophene rings is 1. The summed E-state index contributed by atoms with van der Waals surface area (Å²) in [6.07, 6.45) is 1.09. The molecule has 2 aromatic heterocycles. The van der Waals surface area contributed by atoms with Crippen LogP contribution in [-0.4, -0.2) is 17.5 Å². The van der Waals surface area contributed by atoms with E-state index < -0.39 is 0 Å². The van der Waals surface area contributed by atoms with Gasteiger partial charge in [-0.2, -0.15) is 0 Å². The van der Waals surface area contributed by atoms with Crippen LogP contribution in [0.3, 0.4) is 0 Å². The lowest BCUT2D eigenvalue weighted by atomic mass is 10.0. The molecule has 1 atom stereocenters. The van der Waals surface area contributed by atoms with Crippen LogP contribution in [-0.2, 0) is 16.0 Å². The molecule has 25 heavy (non-hydrogen) atoms. The molecule has 0 saturated carbocycles. The third kappa shape index (κ3) is 3.38. The third-order valence-corrected chi connectivity index (χ3v) is 6.18. The van der Waals surface area contributed by atoms with Gasteiger partial charge < -0.3 is 4.74 Å². The van der Waals surface area contributed by atoms with Crippen molar-refractivity contribution in [3.05, 3.63) is 63.3 Å². The highest BCUT2D eigenvalue weighted by Crippen LogP contribution is 2.36. The first-order valence-corrected chi connectivity index (χ1v) is 9.96. The van der Waals surface area contributed by atoms with E-state index in [2.05, 4.69) is 16.4 Å². The van der Waals surface area contributed by atoms with Crippen molar-refractivity contribution in [2.75, 3.05) is 11.5 Å². The van der Waals surface area contributed by atoms with Gasteiger partial charge in [-0.1, -0.05) is 18.2 Å². The molecule has 0 spiro atoms. The van der Waals surface area contributed by atoms with E-state index in [4.69, 9.17) is 4.74 Å². The Morgan fingerprint density at radius 3 is 2.88 bits per heavy atom. The van der Waals surface area contributed by atoms with E-state index in [0.29, 0.717) is 18.2 Å². The number of carbonyl (C=O) groups is 1. The average Bonchev–Trinajstić information content (AvgIpc) is 3.26. The first-order valence-electron chi connectivity index (χ1n) is 8.20. The van der Waals surface area contributed by atoms with Crippen LogP contribution in [0.1, 0.15) is 28.7 Å². The number of nitrogens with zero attached hydrogens (tertiary/aromatic N) is 2. The van der Waals surface area contributed by atoms with Gasteiger partial charge in [-0.05, 0) is 42.5 Å². The van der Waals surface area contributed by atoms with Crippen molar-refractivity contribution in [1.82, 2.24) is 4.98 Å². The highest BCUT2D eigenvalue weighted by Gasteiger charge is 2.29. The Labute approximate surface area is 154 Å². The molecule has 0 fully saturated rings. The van der Waals surface area contributed by atoms with E-state index >= 15 is 0 Å². The minimum absolute atomic E-state index is 0.00630. The van der Waals surface area contributed by atoms with Crippen molar-refractivity contribution in [3.8, 4) is 0 Å². The van der Waals surface area contributed by atoms with Gasteiger partial charge in [0.2, 0.25) is 5.91 Å². The summed E-state index contributed by atoms with van der Waals surface area (Å²) in [5.74, 6) is 0.00630. The Balaban J connectivity index is 1.63. The molecule has 1 aliphatic heterocycles. The zero-order valence-corrected chi connectivity index (χ0v) is 15.5. The normalized spacial score (nSPS) is 16.4. The molecule has 1 amide bonds. The number of anilines is 2. The lowest BCUT2D eigenvalue weighted by Crippen LogP contribution is -2.29. The van der Waals surface area contributed by atoms with E-state index in [1.165, 1.54) is 21.8 Å². The van der Waals surface area contributed by atoms with Gasteiger partial charge in [0.15, 0.2) is 5.13 Å². The maximum absolute atomic E-state index is 13.2. The first-order chi connectivity index (χ1) is 12.2. The number of fused-ring (bicyclic) bond motifs is 1. The first kappa shape index (κ1) is 16.4. The van der Waals surface area contributed by atoms with Gasteiger partial charge in [-0.3, -0.25) is 9.69 Å². The Hall–Kier alpha value is -2.02. The minimum Gasteiger partial charge on any atom is -0.372 e. The zero-order chi connectivity index (χ0) is 17.2. The molecule has 3 heterocycles. The Bertz CT molecular complexity index is 872. The summed E-state index contributed by atoms with van der Waals surface area (Å²) in [4.78, 5) is 20.6. The molecule has 0 N–H and O–H groups in total. The lowest BCUT2D eigenvalue weighted by Gasteiger charge is -2.26. The van der Waals surface area contributed by atoms with Crippen LogP contribution >= 0.6 is 22.7 Å². The molecule has 128 valence electrons. The van der Waals surface area contributed by atoms with Crippen LogP contribution in [0.2, 0.25) is 0 Å². The van der Waals surface area contributed by atoms with Crippen molar-refractivity contribution < 1.29 is 9.53 Å². The number of amides is 1. The van der Waals surface area contributed by atoms with Crippen LogP contribution < -0.4 is 4.90 Å². The third-order valence-electron chi connectivity index (χ3n) is 4.19. The second kappa shape index (κ2) is 7.07. The second-order valence-electron chi connectivity index (χ2n) is 5.96. The largest absolute Gasteiger partial charge is 0.372 e. The molecule has 1 aliphatic rings. The summed E-state index contributed by atoms with van der Waals surface area (Å²) in [6, 6.07) is 11.8. The minimum atomic E-state index is -0.163. The van der Waals surface area contributed by atoms with Crippen LogP contribution in [0.4, 0.5) is 10.8 Å². The maximum Gasteiger partial charge on any atom is 0.236 e. The predicted molar refractivity (Wildman–Crippen MR) is 102 cm³/mol. The molecule has 3 aromatic rings. The van der Waals surface area contributed by atoms with Gasteiger partial charge in [-0.25, -0.2) is 4.98 Å². The molecule has 1 aromatic carbocycles. The smallest absolute Gasteiger partial charge is 0.236 e. The fourth-order valence-corrected chi connectivity index (χ4v) is 4.85. The fourth-order valence-electron chi connectivity index (χ4n) is 3.01. The Morgan fingerprint density at radius 2 is 2.12 bits per heavy atom. The van der Waals surface area contributed by atoms with Gasteiger partial charge in [-0.15, -0.1) is 22.7 Å². The zero-order valence-electron chi connectivity index (χ0n) is 13.8. The summed E-state index contributed by atoms with van der Waals surface area (Å²) in [5.41, 5.74) is 3.07. The number of carbonyl (C=O) groups excluding carboxylic acids is 1. The molecule has 0 saturated heterocycles. The molecule has 0 aliphatic carbocycles. The average molecular weight is 370 g/mol. The molecule has 0 bridgehead atoms. The topological polar surface area (TPSA) is 42.4 Å². The molecule has 6 heteroatoms. The van der Waals surface area contributed by atoms with Crippen LogP contribution in [0.25, 0.3) is 0 Å². The highest BCUT2D eigenvalue weighted by atomic mass is 32.1. The monoisotopic (exact) mass is 370 g/mol. The number of hydrogen-bond donors (Lipinski definition) is 0. The van der Waals surface area contributed by atoms with Crippen molar-refractivity contribution in [2.24, 2.45) is 0 Å². The number of para-hydroxylation sites is 1. The van der Waals surface area contributed by atoms with Gasteiger partial charge in [0.05, 0.1) is 24.4 Å². The summed E-state index contributed by atoms with van der Waals surface area (Å²) in [6.45, 7) is 2.61. The molecular weight excluding hydrogens is 352 g/mol. The number of aryl methyl sites for hydroxylation is 1. The fraction of sp³-hybridized carbons (Fsp3) is 0.263. The number of aromatic nitrogens is 1. The number of ether oxygens (including phenoxy) is 1. The Morgan fingerprint density at radius 1 is 1.28 bits per heavy atom. The van der Waals surface area contributed by atoms with Crippen LogP contribution in [0.15, 0.2) is 47.2 Å². The summed E-state index contributed by atoms with van der Waals surface area (Å²) >= 11 is 3.16. The van der Waals surface area contributed by atoms with Gasteiger partial charge in [0.25, 0.3) is 0 Å². The van der Waals surface area contributed by atoms with Crippen molar-refractivity contribution in [1.29, 1.82) is 0 Å². The molecule has 0 unspecified atom stereocenters.